The molecule has 1 fully saturated rings. The van der Waals surface area contributed by atoms with Gasteiger partial charge in [-0.2, -0.15) is 0 Å². The smallest absolute Gasteiger partial charge is 0.225 e. The molecule has 4 heteroatoms. The van der Waals surface area contributed by atoms with Crippen molar-refractivity contribution in [3.8, 4) is 0 Å². The Kier molecular flexibility index (Phi) is 6.71. The number of rotatable bonds is 6. The van der Waals surface area contributed by atoms with Gasteiger partial charge in [0.15, 0.2) is 0 Å². The van der Waals surface area contributed by atoms with E-state index >= 15 is 0 Å². The second-order valence-corrected chi connectivity index (χ2v) is 6.73. The minimum atomic E-state index is 0.211. The molecule has 0 atom stereocenters. The maximum Gasteiger partial charge on any atom is 0.225 e. The van der Waals surface area contributed by atoms with Crippen LogP contribution in [0.15, 0.2) is 24.3 Å². The minimum Gasteiger partial charge on any atom is -0.346 e. The third-order valence-electron chi connectivity index (χ3n) is 4.48. The number of carbonyl (C=O) groups is 1. The number of benzene rings is 1. The molecule has 1 amide bonds. The first kappa shape index (κ1) is 17.3. The van der Waals surface area contributed by atoms with E-state index in [9.17, 15) is 4.79 Å². The van der Waals surface area contributed by atoms with E-state index in [1.807, 2.05) is 24.1 Å². The molecule has 0 radical (unpaired) electrons. The third kappa shape index (κ3) is 4.99. The van der Waals surface area contributed by atoms with Gasteiger partial charge in [0, 0.05) is 31.1 Å². The molecule has 1 heterocycles. The number of unbranched alkanes of at least 4 members (excludes halogenated alkanes) is 1. The molecule has 2 rings (SSSR count). The maximum absolute atomic E-state index is 12.4. The highest BCUT2D eigenvalue weighted by Crippen LogP contribution is 2.21. The molecule has 3 nitrogen and oxygen atoms in total. The van der Waals surface area contributed by atoms with Crippen LogP contribution in [0.2, 0.25) is 5.02 Å². The van der Waals surface area contributed by atoms with Crippen LogP contribution in [0.25, 0.3) is 0 Å². The number of halogens is 1. The summed E-state index contributed by atoms with van der Waals surface area (Å²) in [5, 5.41) is 0.781. The zero-order valence-corrected chi connectivity index (χ0v) is 14.5. The highest BCUT2D eigenvalue weighted by Gasteiger charge is 2.26. The summed E-state index contributed by atoms with van der Waals surface area (Å²) in [5.74, 6) is 0.544. The van der Waals surface area contributed by atoms with E-state index in [4.69, 9.17) is 11.6 Å². The van der Waals surface area contributed by atoms with Gasteiger partial charge in [0.2, 0.25) is 5.91 Å². The monoisotopic (exact) mass is 322 g/mol. The number of piperidine rings is 1. The molecule has 0 aromatic heterocycles. The summed E-state index contributed by atoms with van der Waals surface area (Å²) in [7, 11) is 1.94. The molecule has 1 aromatic rings. The second kappa shape index (κ2) is 8.54. The largest absolute Gasteiger partial charge is 0.346 e. The molecule has 0 bridgehead atoms. The van der Waals surface area contributed by atoms with Gasteiger partial charge in [0.25, 0.3) is 0 Å². The van der Waals surface area contributed by atoms with E-state index in [0.29, 0.717) is 5.91 Å². The number of nitrogens with zero attached hydrogens (tertiary/aromatic N) is 2. The summed E-state index contributed by atoms with van der Waals surface area (Å²) in [5.41, 5.74) is 1.29. The highest BCUT2D eigenvalue weighted by atomic mass is 35.5. The van der Waals surface area contributed by atoms with Crippen molar-refractivity contribution in [3.63, 3.8) is 0 Å². The summed E-state index contributed by atoms with van der Waals surface area (Å²) in [6, 6.07) is 8.04. The van der Waals surface area contributed by atoms with Crippen molar-refractivity contribution in [3.05, 3.63) is 34.9 Å². The van der Waals surface area contributed by atoms with Crippen molar-refractivity contribution in [1.29, 1.82) is 0 Å². The molecule has 0 N–H and O–H groups in total. The zero-order chi connectivity index (χ0) is 15.9. The molecular weight excluding hydrogens is 296 g/mol. The standard InChI is InChI=1S/C18H27ClN2O/c1-3-4-11-20(2)18(22)16-9-12-21(13-10-16)14-15-5-7-17(19)8-6-15/h5-8,16H,3-4,9-14H2,1-2H3. The topological polar surface area (TPSA) is 23.6 Å². The van der Waals surface area contributed by atoms with Crippen molar-refractivity contribution in [2.75, 3.05) is 26.7 Å². The number of likely N-dealkylation sites (tertiary alicyclic amines) is 1. The van der Waals surface area contributed by atoms with Crippen molar-refractivity contribution in [2.24, 2.45) is 5.92 Å². The van der Waals surface area contributed by atoms with Crippen LogP contribution in [0.3, 0.4) is 0 Å². The predicted molar refractivity (Wildman–Crippen MR) is 92.0 cm³/mol. The summed E-state index contributed by atoms with van der Waals surface area (Å²) < 4.78 is 0. The first-order chi connectivity index (χ1) is 10.6. The zero-order valence-electron chi connectivity index (χ0n) is 13.7. The Bertz CT molecular complexity index is 466. The van der Waals surface area contributed by atoms with Gasteiger partial charge in [-0.3, -0.25) is 9.69 Å². The molecule has 1 aromatic carbocycles. The summed E-state index contributed by atoms with van der Waals surface area (Å²) in [6.45, 7) is 6.00. The van der Waals surface area contributed by atoms with Crippen LogP contribution in [0, 0.1) is 5.92 Å². The molecule has 0 spiro atoms. The van der Waals surface area contributed by atoms with Crippen molar-refractivity contribution in [2.45, 2.75) is 39.2 Å². The van der Waals surface area contributed by atoms with Crippen LogP contribution in [0.5, 0.6) is 0 Å². The number of amides is 1. The lowest BCUT2D eigenvalue weighted by molar-refractivity contribution is -0.135. The van der Waals surface area contributed by atoms with Gasteiger partial charge < -0.3 is 4.90 Å². The molecule has 1 aliphatic rings. The van der Waals surface area contributed by atoms with E-state index in [1.54, 1.807) is 0 Å². The van der Waals surface area contributed by atoms with Gasteiger partial charge in [0.05, 0.1) is 0 Å². The molecule has 0 aliphatic carbocycles. The highest BCUT2D eigenvalue weighted by molar-refractivity contribution is 6.30. The third-order valence-corrected chi connectivity index (χ3v) is 4.73. The van der Waals surface area contributed by atoms with Gasteiger partial charge in [-0.1, -0.05) is 37.1 Å². The van der Waals surface area contributed by atoms with Gasteiger partial charge in [-0.05, 0) is 50.0 Å². The van der Waals surface area contributed by atoms with Crippen molar-refractivity contribution < 1.29 is 4.79 Å². The number of carbonyl (C=O) groups excluding carboxylic acids is 1. The summed E-state index contributed by atoms with van der Waals surface area (Å²) in [4.78, 5) is 16.7. The Morgan fingerprint density at radius 1 is 1.27 bits per heavy atom. The van der Waals surface area contributed by atoms with Crippen LogP contribution < -0.4 is 0 Å². The van der Waals surface area contributed by atoms with E-state index < -0.39 is 0 Å². The molecular formula is C18H27ClN2O. The molecule has 0 saturated carbocycles. The molecule has 22 heavy (non-hydrogen) atoms. The summed E-state index contributed by atoms with van der Waals surface area (Å²) in [6.07, 6.45) is 4.18. The van der Waals surface area contributed by atoms with Gasteiger partial charge in [0.1, 0.15) is 0 Å². The van der Waals surface area contributed by atoms with E-state index in [1.165, 1.54) is 5.56 Å². The predicted octanol–water partition coefficient (Wildman–Crippen LogP) is 3.81. The first-order valence-corrected chi connectivity index (χ1v) is 8.69. The Balaban J connectivity index is 1.77. The fraction of sp³-hybridized carbons (Fsp3) is 0.611. The van der Waals surface area contributed by atoms with Crippen LogP contribution in [0.1, 0.15) is 38.2 Å². The normalized spacial score (nSPS) is 16.7. The molecule has 0 unspecified atom stereocenters. The molecule has 1 aliphatic heterocycles. The molecule has 1 saturated heterocycles. The maximum atomic E-state index is 12.4. The first-order valence-electron chi connectivity index (χ1n) is 8.32. The van der Waals surface area contributed by atoms with Crippen LogP contribution in [-0.4, -0.2) is 42.4 Å². The lowest BCUT2D eigenvalue weighted by Gasteiger charge is -2.33. The van der Waals surface area contributed by atoms with Gasteiger partial charge in [-0.15, -0.1) is 0 Å². The number of hydrogen-bond donors (Lipinski definition) is 0. The summed E-state index contributed by atoms with van der Waals surface area (Å²) >= 11 is 5.92. The van der Waals surface area contributed by atoms with E-state index in [2.05, 4.69) is 24.0 Å². The Morgan fingerprint density at radius 3 is 2.50 bits per heavy atom. The van der Waals surface area contributed by atoms with Crippen molar-refractivity contribution >= 4 is 17.5 Å². The second-order valence-electron chi connectivity index (χ2n) is 6.29. The quantitative estimate of drug-likeness (QED) is 0.795. The van der Waals surface area contributed by atoms with Crippen LogP contribution >= 0.6 is 11.6 Å². The lowest BCUT2D eigenvalue weighted by Crippen LogP contribution is -2.41. The van der Waals surface area contributed by atoms with Crippen LogP contribution in [-0.2, 0) is 11.3 Å². The van der Waals surface area contributed by atoms with Crippen molar-refractivity contribution in [1.82, 2.24) is 9.80 Å². The van der Waals surface area contributed by atoms with Gasteiger partial charge >= 0.3 is 0 Å². The van der Waals surface area contributed by atoms with Crippen LogP contribution in [0.4, 0.5) is 0 Å². The number of hydrogen-bond acceptors (Lipinski definition) is 2. The average molecular weight is 323 g/mol. The van der Waals surface area contributed by atoms with E-state index in [-0.39, 0.29) is 5.92 Å². The Morgan fingerprint density at radius 2 is 1.91 bits per heavy atom. The van der Waals surface area contributed by atoms with Gasteiger partial charge in [-0.25, -0.2) is 0 Å². The fourth-order valence-corrected chi connectivity index (χ4v) is 3.13. The Hall–Kier alpha value is -1.06. The fourth-order valence-electron chi connectivity index (χ4n) is 3.00. The van der Waals surface area contributed by atoms with E-state index in [0.717, 1.165) is 56.9 Å². The Labute approximate surface area is 139 Å². The average Bonchev–Trinajstić information content (AvgIpc) is 2.55. The molecule has 122 valence electrons. The minimum absolute atomic E-state index is 0.211. The lowest BCUT2D eigenvalue weighted by atomic mass is 9.95. The SMILES string of the molecule is CCCCN(C)C(=O)C1CCN(Cc2ccc(Cl)cc2)CC1.